The minimum atomic E-state index is -0.911. The van der Waals surface area contributed by atoms with Crippen molar-refractivity contribution in [2.75, 3.05) is 19.7 Å². The molecular weight excluding hydrogens is 510 g/mol. The van der Waals surface area contributed by atoms with E-state index >= 15 is 0 Å². The van der Waals surface area contributed by atoms with E-state index in [4.69, 9.17) is 0 Å². The summed E-state index contributed by atoms with van der Waals surface area (Å²) in [5.41, 5.74) is 0.581. The average Bonchev–Trinajstić information content (AvgIpc) is 3.13. The normalized spacial score (nSPS) is 33.3. The highest BCUT2D eigenvalue weighted by molar-refractivity contribution is 8.02. The first kappa shape index (κ1) is 28.0. The lowest BCUT2D eigenvalue weighted by Gasteiger charge is -2.43. The Labute approximate surface area is 236 Å². The molecule has 4 aliphatic heterocycles. The Kier molecular flexibility index (Phi) is 7.03. The molecule has 210 valence electrons. The zero-order valence-electron chi connectivity index (χ0n) is 23.8. The van der Waals surface area contributed by atoms with Gasteiger partial charge in [-0.3, -0.25) is 14.4 Å². The van der Waals surface area contributed by atoms with Crippen LogP contribution in [0.5, 0.6) is 0 Å². The SMILES string of the molecule is CC(C)[C@H](CO)N1C(=O)[C@@H]2[C@@H]3C(=O)N(Cc4ccccc4)CC=C[C@]3(C)S[C@@]23C=CCN(C(C)(C)C)C(=O)C13. The van der Waals surface area contributed by atoms with E-state index in [1.165, 1.54) is 0 Å². The van der Waals surface area contributed by atoms with Crippen molar-refractivity contribution < 1.29 is 19.5 Å². The number of fused-ring (bicyclic) bond motifs is 2. The number of benzene rings is 1. The van der Waals surface area contributed by atoms with Gasteiger partial charge in [0.1, 0.15) is 6.04 Å². The van der Waals surface area contributed by atoms with Crippen LogP contribution >= 0.6 is 11.8 Å². The van der Waals surface area contributed by atoms with Crippen LogP contribution in [-0.4, -0.2) is 84.3 Å². The Bertz CT molecular complexity index is 1210. The monoisotopic (exact) mass is 551 g/mol. The minimum absolute atomic E-state index is 0.0578. The lowest BCUT2D eigenvalue weighted by Crippen LogP contribution is -2.60. The summed E-state index contributed by atoms with van der Waals surface area (Å²) >= 11 is 1.59. The van der Waals surface area contributed by atoms with Gasteiger partial charge in [-0.25, -0.2) is 0 Å². The number of carbonyl (C=O) groups is 3. The molecule has 39 heavy (non-hydrogen) atoms. The Hall–Kier alpha value is -2.58. The number of amides is 3. The van der Waals surface area contributed by atoms with Crippen LogP contribution in [0.4, 0.5) is 0 Å². The first-order chi connectivity index (χ1) is 18.4. The van der Waals surface area contributed by atoms with Gasteiger partial charge in [-0.15, -0.1) is 11.8 Å². The molecule has 3 amide bonds. The van der Waals surface area contributed by atoms with Crippen LogP contribution in [0.2, 0.25) is 0 Å². The van der Waals surface area contributed by atoms with E-state index < -0.39 is 39.0 Å². The molecule has 4 aliphatic rings. The van der Waals surface area contributed by atoms with E-state index in [0.717, 1.165) is 5.56 Å². The third-order valence-electron chi connectivity index (χ3n) is 8.92. The molecule has 0 radical (unpaired) electrons. The molecule has 2 fully saturated rings. The van der Waals surface area contributed by atoms with Gasteiger partial charge in [0.05, 0.1) is 29.2 Å². The maximum atomic E-state index is 14.6. The highest BCUT2D eigenvalue weighted by atomic mass is 32.2. The number of likely N-dealkylation sites (tertiary alicyclic amines) is 1. The number of aliphatic hydroxyl groups is 1. The fourth-order valence-electron chi connectivity index (χ4n) is 7.04. The highest BCUT2D eigenvalue weighted by Gasteiger charge is 2.74. The summed E-state index contributed by atoms with van der Waals surface area (Å²) in [6.07, 6.45) is 8.18. The molecule has 0 saturated carbocycles. The second-order valence-corrected chi connectivity index (χ2v) is 14.7. The molecule has 5 rings (SSSR count). The van der Waals surface area contributed by atoms with E-state index in [2.05, 4.69) is 6.08 Å². The van der Waals surface area contributed by atoms with E-state index in [-0.39, 0.29) is 30.2 Å². The summed E-state index contributed by atoms with van der Waals surface area (Å²) in [4.78, 5) is 48.8. The van der Waals surface area contributed by atoms with Gasteiger partial charge in [0, 0.05) is 29.9 Å². The molecule has 1 spiro atoms. The second kappa shape index (κ2) is 9.81. The molecule has 1 aromatic rings. The molecule has 2 saturated heterocycles. The lowest BCUT2D eigenvalue weighted by molar-refractivity contribution is -0.150. The molecular formula is C31H41N3O4S. The van der Waals surface area contributed by atoms with Crippen molar-refractivity contribution in [3.05, 3.63) is 60.2 Å². The first-order valence-corrected chi connectivity index (χ1v) is 14.8. The maximum Gasteiger partial charge on any atom is 0.247 e. The third kappa shape index (κ3) is 4.34. The van der Waals surface area contributed by atoms with Gasteiger partial charge in [0.25, 0.3) is 0 Å². The van der Waals surface area contributed by atoms with Crippen molar-refractivity contribution in [2.24, 2.45) is 17.8 Å². The van der Waals surface area contributed by atoms with E-state index in [1.54, 1.807) is 16.7 Å². The summed E-state index contributed by atoms with van der Waals surface area (Å²) in [7, 11) is 0. The molecule has 0 aliphatic carbocycles. The Morgan fingerprint density at radius 3 is 2.26 bits per heavy atom. The van der Waals surface area contributed by atoms with Gasteiger partial charge in [-0.1, -0.05) is 68.5 Å². The summed E-state index contributed by atoms with van der Waals surface area (Å²) in [5, 5.41) is 10.5. The van der Waals surface area contributed by atoms with Gasteiger partial charge < -0.3 is 19.8 Å². The number of aliphatic hydroxyl groups excluding tert-OH is 1. The Balaban J connectivity index is 1.64. The average molecular weight is 552 g/mol. The molecule has 0 bridgehead atoms. The fraction of sp³-hybridized carbons (Fsp3) is 0.581. The number of hydrogen-bond acceptors (Lipinski definition) is 5. The number of hydrogen-bond donors (Lipinski definition) is 1. The van der Waals surface area contributed by atoms with Crippen molar-refractivity contribution in [1.82, 2.24) is 14.7 Å². The lowest BCUT2D eigenvalue weighted by atomic mass is 9.74. The number of rotatable bonds is 5. The maximum absolute atomic E-state index is 14.6. The van der Waals surface area contributed by atoms with Crippen LogP contribution in [0.15, 0.2) is 54.6 Å². The quantitative estimate of drug-likeness (QED) is 0.567. The van der Waals surface area contributed by atoms with Gasteiger partial charge >= 0.3 is 0 Å². The van der Waals surface area contributed by atoms with Crippen LogP contribution in [0.25, 0.3) is 0 Å². The van der Waals surface area contributed by atoms with Gasteiger partial charge in [-0.05, 0) is 39.2 Å². The largest absolute Gasteiger partial charge is 0.394 e. The van der Waals surface area contributed by atoms with Crippen LogP contribution in [0.1, 0.15) is 47.1 Å². The van der Waals surface area contributed by atoms with Crippen molar-refractivity contribution in [2.45, 2.75) is 75.2 Å². The predicted molar refractivity (Wildman–Crippen MR) is 154 cm³/mol. The zero-order chi connectivity index (χ0) is 28.3. The molecule has 4 heterocycles. The smallest absolute Gasteiger partial charge is 0.247 e. The van der Waals surface area contributed by atoms with Gasteiger partial charge in [0.15, 0.2) is 0 Å². The van der Waals surface area contributed by atoms with Crippen LogP contribution in [0.3, 0.4) is 0 Å². The number of thioether (sulfide) groups is 1. The summed E-state index contributed by atoms with van der Waals surface area (Å²) in [6, 6.07) is 8.57. The molecule has 6 atom stereocenters. The Morgan fingerprint density at radius 2 is 1.64 bits per heavy atom. The molecule has 1 N–H and O–H groups in total. The number of nitrogens with zero attached hydrogens (tertiary/aromatic N) is 3. The summed E-state index contributed by atoms with van der Waals surface area (Å²) in [5.74, 6) is -1.78. The van der Waals surface area contributed by atoms with E-state index in [0.29, 0.717) is 19.6 Å². The van der Waals surface area contributed by atoms with Crippen molar-refractivity contribution in [3.63, 3.8) is 0 Å². The van der Waals surface area contributed by atoms with E-state index in [9.17, 15) is 19.5 Å². The van der Waals surface area contributed by atoms with Crippen molar-refractivity contribution >= 4 is 29.5 Å². The second-order valence-electron chi connectivity index (χ2n) is 12.9. The van der Waals surface area contributed by atoms with Crippen LogP contribution < -0.4 is 0 Å². The standard InChI is InChI=1S/C31H41N3O4S/c1-20(2)22(19-35)34-25-28(38)33(29(3,4)5)17-11-15-31(25)24(27(34)37)23-26(36)32(16-10-14-30(23,6)39-31)18-21-12-8-7-9-13-21/h7-15,20,22-25,35H,16-19H2,1-6H3/t22-,23+,24-,25?,30-,31-/m0/s1. The van der Waals surface area contributed by atoms with Gasteiger partial charge in [-0.2, -0.15) is 0 Å². The van der Waals surface area contributed by atoms with Crippen molar-refractivity contribution in [3.8, 4) is 0 Å². The van der Waals surface area contributed by atoms with E-state index in [1.807, 2.05) is 99.9 Å². The third-order valence-corrected chi connectivity index (χ3v) is 10.7. The Morgan fingerprint density at radius 1 is 0.974 bits per heavy atom. The summed E-state index contributed by atoms with van der Waals surface area (Å²) < 4.78 is -1.56. The predicted octanol–water partition coefficient (Wildman–Crippen LogP) is 3.49. The van der Waals surface area contributed by atoms with Crippen molar-refractivity contribution in [1.29, 1.82) is 0 Å². The molecule has 0 aromatic heterocycles. The topological polar surface area (TPSA) is 81.2 Å². The van der Waals surface area contributed by atoms with Gasteiger partial charge in [0.2, 0.25) is 17.7 Å². The molecule has 7 nitrogen and oxygen atoms in total. The first-order valence-electron chi connectivity index (χ1n) is 14.0. The molecule has 8 heteroatoms. The summed E-state index contributed by atoms with van der Waals surface area (Å²) in [6.45, 7) is 13.1. The van der Waals surface area contributed by atoms with Crippen LogP contribution in [-0.2, 0) is 20.9 Å². The minimum Gasteiger partial charge on any atom is -0.394 e. The number of carbonyl (C=O) groups excluding carboxylic acids is 3. The van der Waals surface area contributed by atoms with Crippen LogP contribution in [0, 0.1) is 17.8 Å². The zero-order valence-corrected chi connectivity index (χ0v) is 24.6. The molecule has 1 aromatic carbocycles. The highest BCUT2D eigenvalue weighted by Crippen LogP contribution is 2.66. The molecule has 1 unspecified atom stereocenters. The fourth-order valence-corrected chi connectivity index (χ4v) is 9.18.